The van der Waals surface area contributed by atoms with Crippen molar-refractivity contribution in [1.82, 2.24) is 0 Å². The molecule has 2 unspecified atom stereocenters. The number of benzene rings is 1. The highest BCUT2D eigenvalue weighted by Gasteiger charge is 2.09. The van der Waals surface area contributed by atoms with E-state index in [2.05, 4.69) is 45.9 Å². The molecular formula is C14H23NS. The Morgan fingerprint density at radius 3 is 2.25 bits per heavy atom. The van der Waals surface area contributed by atoms with Crippen LogP contribution in [-0.4, -0.2) is 11.0 Å². The molecule has 2 N–H and O–H groups in total. The minimum absolute atomic E-state index is 0.164. The molecule has 1 aromatic rings. The van der Waals surface area contributed by atoms with Crippen molar-refractivity contribution < 1.29 is 0 Å². The molecule has 0 saturated carbocycles. The van der Waals surface area contributed by atoms with Crippen molar-refractivity contribution in [3.05, 3.63) is 34.9 Å². The summed E-state index contributed by atoms with van der Waals surface area (Å²) in [5.41, 5.74) is 10.1. The smallest absolute Gasteiger partial charge is 0.0387 e. The predicted octanol–water partition coefficient (Wildman–Crippen LogP) is 3.83. The van der Waals surface area contributed by atoms with E-state index >= 15 is 0 Å². The molecule has 0 aromatic heterocycles. The number of thioether (sulfide) groups is 1. The molecule has 0 aliphatic carbocycles. The molecule has 0 amide bonds. The first-order chi connectivity index (χ1) is 7.52. The highest BCUT2D eigenvalue weighted by molar-refractivity contribution is 7.99. The van der Waals surface area contributed by atoms with Crippen molar-refractivity contribution >= 4 is 11.8 Å². The van der Waals surface area contributed by atoms with E-state index in [1.54, 1.807) is 0 Å². The molecule has 1 rings (SSSR count). The third-order valence-electron chi connectivity index (χ3n) is 2.81. The lowest BCUT2D eigenvalue weighted by Crippen LogP contribution is -2.15. The van der Waals surface area contributed by atoms with Crippen LogP contribution < -0.4 is 5.73 Å². The molecule has 16 heavy (non-hydrogen) atoms. The SMILES string of the molecule is CCC(C)SCC(N)c1cc(C)cc(C)c1. The van der Waals surface area contributed by atoms with Gasteiger partial charge in [-0.05, 0) is 25.8 Å². The summed E-state index contributed by atoms with van der Waals surface area (Å²) in [5, 5.41) is 0.706. The van der Waals surface area contributed by atoms with Crippen LogP contribution in [0.1, 0.15) is 43.0 Å². The van der Waals surface area contributed by atoms with Crippen LogP contribution in [0.15, 0.2) is 18.2 Å². The third-order valence-corrected chi connectivity index (χ3v) is 4.26. The van der Waals surface area contributed by atoms with Gasteiger partial charge in [-0.1, -0.05) is 43.2 Å². The average molecular weight is 237 g/mol. The zero-order chi connectivity index (χ0) is 12.1. The molecule has 0 radical (unpaired) electrons. The van der Waals surface area contributed by atoms with Crippen LogP contribution in [0.25, 0.3) is 0 Å². The lowest BCUT2D eigenvalue weighted by Gasteiger charge is -2.15. The summed E-state index contributed by atoms with van der Waals surface area (Å²) in [6, 6.07) is 6.76. The fourth-order valence-electron chi connectivity index (χ4n) is 1.71. The number of rotatable bonds is 5. The maximum absolute atomic E-state index is 6.21. The number of hydrogen-bond donors (Lipinski definition) is 1. The van der Waals surface area contributed by atoms with Crippen molar-refractivity contribution in [2.45, 2.75) is 45.4 Å². The van der Waals surface area contributed by atoms with E-state index in [9.17, 15) is 0 Å². The van der Waals surface area contributed by atoms with Gasteiger partial charge < -0.3 is 5.73 Å². The van der Waals surface area contributed by atoms with E-state index < -0.39 is 0 Å². The fraction of sp³-hybridized carbons (Fsp3) is 0.571. The Bertz CT molecular complexity index is 315. The lowest BCUT2D eigenvalue weighted by atomic mass is 10.0. The average Bonchev–Trinajstić information content (AvgIpc) is 2.23. The lowest BCUT2D eigenvalue weighted by molar-refractivity contribution is 0.818. The van der Waals surface area contributed by atoms with E-state index in [1.165, 1.54) is 23.1 Å². The highest BCUT2D eigenvalue weighted by Crippen LogP contribution is 2.22. The van der Waals surface area contributed by atoms with Crippen molar-refractivity contribution in [3.8, 4) is 0 Å². The van der Waals surface area contributed by atoms with Crippen LogP contribution in [0.2, 0.25) is 0 Å². The summed E-state index contributed by atoms with van der Waals surface area (Å²) in [5.74, 6) is 1.01. The fourth-order valence-corrected chi connectivity index (χ4v) is 2.67. The Balaban J connectivity index is 2.62. The number of aryl methyl sites for hydroxylation is 2. The first kappa shape index (κ1) is 13.6. The number of nitrogens with two attached hydrogens (primary N) is 1. The normalized spacial score (nSPS) is 14.8. The first-order valence-electron chi connectivity index (χ1n) is 5.98. The Labute approximate surface area is 104 Å². The quantitative estimate of drug-likeness (QED) is 0.842. The van der Waals surface area contributed by atoms with Gasteiger partial charge in [0.25, 0.3) is 0 Å². The van der Waals surface area contributed by atoms with Gasteiger partial charge in [-0.15, -0.1) is 0 Å². The summed E-state index contributed by atoms with van der Waals surface area (Å²) >= 11 is 1.97. The second kappa shape index (κ2) is 6.31. The topological polar surface area (TPSA) is 26.0 Å². The maximum atomic E-state index is 6.21. The zero-order valence-corrected chi connectivity index (χ0v) is 11.6. The number of hydrogen-bond acceptors (Lipinski definition) is 2. The van der Waals surface area contributed by atoms with Crippen LogP contribution >= 0.6 is 11.8 Å². The summed E-state index contributed by atoms with van der Waals surface area (Å²) in [7, 11) is 0. The van der Waals surface area contributed by atoms with E-state index in [-0.39, 0.29) is 6.04 Å². The minimum atomic E-state index is 0.164. The van der Waals surface area contributed by atoms with Gasteiger partial charge in [-0.25, -0.2) is 0 Å². The zero-order valence-electron chi connectivity index (χ0n) is 10.8. The van der Waals surface area contributed by atoms with Gasteiger partial charge in [-0.2, -0.15) is 11.8 Å². The molecular weight excluding hydrogens is 214 g/mol. The van der Waals surface area contributed by atoms with E-state index in [4.69, 9.17) is 5.73 Å². The predicted molar refractivity (Wildman–Crippen MR) is 75.1 cm³/mol. The Hall–Kier alpha value is -0.470. The summed E-state index contributed by atoms with van der Waals surface area (Å²) < 4.78 is 0. The van der Waals surface area contributed by atoms with Gasteiger partial charge >= 0.3 is 0 Å². The van der Waals surface area contributed by atoms with Gasteiger partial charge in [0.1, 0.15) is 0 Å². The van der Waals surface area contributed by atoms with E-state index in [0.29, 0.717) is 5.25 Å². The second-order valence-electron chi connectivity index (χ2n) is 4.58. The van der Waals surface area contributed by atoms with Crippen molar-refractivity contribution in [2.75, 3.05) is 5.75 Å². The van der Waals surface area contributed by atoms with Crippen LogP contribution in [0.3, 0.4) is 0 Å². The monoisotopic (exact) mass is 237 g/mol. The standard InChI is InChI=1S/C14H23NS/c1-5-12(4)16-9-14(15)13-7-10(2)6-11(3)8-13/h6-8,12,14H,5,9,15H2,1-4H3. The molecule has 2 heteroatoms. The summed E-state index contributed by atoms with van der Waals surface area (Å²) in [6.07, 6.45) is 1.21. The van der Waals surface area contributed by atoms with E-state index in [0.717, 1.165) is 5.75 Å². The molecule has 0 fully saturated rings. The molecule has 0 bridgehead atoms. The molecule has 0 spiro atoms. The van der Waals surface area contributed by atoms with Gasteiger partial charge in [0.05, 0.1) is 0 Å². The van der Waals surface area contributed by atoms with Gasteiger partial charge in [0, 0.05) is 17.0 Å². The molecule has 1 aromatic carbocycles. The summed E-state index contributed by atoms with van der Waals surface area (Å²) in [6.45, 7) is 8.74. The Kier molecular flexibility index (Phi) is 5.36. The van der Waals surface area contributed by atoms with Gasteiger partial charge in [0.2, 0.25) is 0 Å². The molecule has 0 aliphatic heterocycles. The minimum Gasteiger partial charge on any atom is -0.323 e. The van der Waals surface area contributed by atoms with Crippen LogP contribution in [0.4, 0.5) is 0 Å². The first-order valence-corrected chi connectivity index (χ1v) is 7.03. The highest BCUT2D eigenvalue weighted by atomic mass is 32.2. The second-order valence-corrected chi connectivity index (χ2v) is 6.05. The van der Waals surface area contributed by atoms with Crippen molar-refractivity contribution in [2.24, 2.45) is 5.73 Å². The van der Waals surface area contributed by atoms with Crippen LogP contribution in [0.5, 0.6) is 0 Å². The largest absolute Gasteiger partial charge is 0.323 e. The molecule has 1 nitrogen and oxygen atoms in total. The van der Waals surface area contributed by atoms with Crippen LogP contribution in [-0.2, 0) is 0 Å². The molecule has 0 aliphatic rings. The van der Waals surface area contributed by atoms with Crippen molar-refractivity contribution in [1.29, 1.82) is 0 Å². The molecule has 0 heterocycles. The molecule has 0 saturated heterocycles. The maximum Gasteiger partial charge on any atom is 0.0387 e. The Morgan fingerprint density at radius 2 is 1.75 bits per heavy atom. The van der Waals surface area contributed by atoms with Gasteiger partial charge in [-0.3, -0.25) is 0 Å². The van der Waals surface area contributed by atoms with E-state index in [1.807, 2.05) is 11.8 Å². The van der Waals surface area contributed by atoms with Gasteiger partial charge in [0.15, 0.2) is 0 Å². The molecule has 2 atom stereocenters. The third kappa shape index (κ3) is 4.18. The molecule has 90 valence electrons. The van der Waals surface area contributed by atoms with Crippen LogP contribution in [0, 0.1) is 13.8 Å². The Morgan fingerprint density at radius 1 is 1.19 bits per heavy atom. The van der Waals surface area contributed by atoms with Crippen molar-refractivity contribution in [3.63, 3.8) is 0 Å². The summed E-state index contributed by atoms with van der Waals surface area (Å²) in [4.78, 5) is 0.